The van der Waals surface area contributed by atoms with Crippen LogP contribution >= 0.6 is 0 Å². The highest BCUT2D eigenvalue weighted by atomic mass is 32.2. The minimum atomic E-state index is -3.09. The molecule has 0 aromatic heterocycles. The van der Waals surface area contributed by atoms with Crippen LogP contribution in [0.25, 0.3) is 0 Å². The summed E-state index contributed by atoms with van der Waals surface area (Å²) in [6.07, 6.45) is 5.61. The molecule has 0 heterocycles. The normalized spacial score (nSPS) is 14.9. The van der Waals surface area contributed by atoms with Crippen LogP contribution in [0.3, 0.4) is 0 Å². The van der Waals surface area contributed by atoms with Crippen LogP contribution in [0.4, 0.5) is 27.6 Å². The number of halogens is 5. The minimum Gasteiger partial charge on any atom is -0.593 e. The Morgan fingerprint density at radius 3 is 2.02 bits per heavy atom. The van der Waals surface area contributed by atoms with Gasteiger partial charge in [-0.2, -0.15) is 8.78 Å². The monoisotopic (exact) mass is 624 g/mol. The van der Waals surface area contributed by atoms with Crippen molar-refractivity contribution in [2.24, 2.45) is 0 Å². The largest absolute Gasteiger partial charge is 0.593 e. The van der Waals surface area contributed by atoms with Crippen LogP contribution in [-0.4, -0.2) is 32.2 Å². The first kappa shape index (κ1) is 32.2. The lowest BCUT2D eigenvalue weighted by atomic mass is 9.84. The zero-order valence-electron chi connectivity index (χ0n) is 23.2. The summed E-state index contributed by atoms with van der Waals surface area (Å²) in [5.41, 5.74) is -0.580. The molecule has 43 heavy (non-hydrogen) atoms. The molecular weight excluding hydrogens is 595 g/mol. The van der Waals surface area contributed by atoms with Crippen LogP contribution in [0, 0.1) is 29.1 Å². The van der Waals surface area contributed by atoms with Crippen molar-refractivity contribution in [2.75, 3.05) is 4.90 Å². The molecule has 230 valence electrons. The molecule has 3 aromatic rings. The van der Waals surface area contributed by atoms with Crippen molar-refractivity contribution < 1.29 is 46.3 Å². The Kier molecular flexibility index (Phi) is 9.67. The minimum absolute atomic E-state index is 0.0285. The summed E-state index contributed by atoms with van der Waals surface area (Å²) in [6.45, 7) is 2.24. The highest BCUT2D eigenvalue weighted by molar-refractivity contribution is 7.89. The number of carbonyl (C=O) groups excluding carboxylic acids is 1. The number of carboxylic acid groups (broad SMARTS) is 1. The van der Waals surface area contributed by atoms with E-state index < -0.39 is 74.1 Å². The number of rotatable bonds is 9. The van der Waals surface area contributed by atoms with Gasteiger partial charge in [0.1, 0.15) is 16.9 Å². The lowest BCUT2D eigenvalue weighted by Crippen LogP contribution is -2.56. The van der Waals surface area contributed by atoms with Crippen LogP contribution in [0.2, 0.25) is 0 Å². The van der Waals surface area contributed by atoms with Gasteiger partial charge in [0.05, 0.1) is 17.9 Å². The van der Waals surface area contributed by atoms with Crippen molar-refractivity contribution in [3.63, 3.8) is 0 Å². The third kappa shape index (κ3) is 6.78. The summed E-state index contributed by atoms with van der Waals surface area (Å²) in [5.74, 6) is -14.1. The fraction of sp³-hybridized carbons (Fsp3) is 0.333. The highest BCUT2D eigenvalue weighted by Crippen LogP contribution is 2.34. The number of anilines is 1. The molecule has 1 fully saturated rings. The molecule has 0 radical (unpaired) electrons. The summed E-state index contributed by atoms with van der Waals surface area (Å²) in [5, 5.41) is 19.6. The molecule has 3 N–H and O–H groups in total. The SMILES string of the molecule is CC(C)(N[S+]([O-])c1c(F)c(F)c(F)c(F)c1F)C(=O)N(Cc1ccc(C2CCCCC2)cc1)c1ccc(C(=O)O)c(O)c1. The third-order valence-electron chi connectivity index (χ3n) is 7.40. The van der Waals surface area contributed by atoms with Gasteiger partial charge in [-0.05, 0) is 55.9 Å². The van der Waals surface area contributed by atoms with Crippen LogP contribution < -0.4 is 9.62 Å². The zero-order valence-corrected chi connectivity index (χ0v) is 24.0. The van der Waals surface area contributed by atoms with E-state index >= 15 is 0 Å². The van der Waals surface area contributed by atoms with Gasteiger partial charge in [-0.3, -0.25) is 4.79 Å². The maximum absolute atomic E-state index is 14.3. The lowest BCUT2D eigenvalue weighted by Gasteiger charge is -2.32. The number of hydrogen-bond donors (Lipinski definition) is 3. The second-order valence-corrected chi connectivity index (χ2v) is 12.0. The average Bonchev–Trinajstić information content (AvgIpc) is 2.97. The maximum atomic E-state index is 14.3. The number of aromatic carboxylic acids is 1. The summed E-state index contributed by atoms with van der Waals surface area (Å²) in [4.78, 5) is 24.7. The van der Waals surface area contributed by atoms with E-state index in [2.05, 4.69) is 4.72 Å². The van der Waals surface area contributed by atoms with E-state index in [1.54, 1.807) is 0 Å². The molecule has 0 bridgehead atoms. The van der Waals surface area contributed by atoms with Gasteiger partial charge in [-0.25, -0.2) is 18.0 Å². The van der Waals surface area contributed by atoms with Gasteiger partial charge in [-0.15, -0.1) is 4.72 Å². The van der Waals surface area contributed by atoms with Crippen LogP contribution in [0.5, 0.6) is 5.75 Å². The number of hydrogen-bond acceptors (Lipinski definition) is 5. The van der Waals surface area contributed by atoms with Crippen molar-refractivity contribution >= 4 is 28.9 Å². The second-order valence-electron chi connectivity index (χ2n) is 10.9. The molecule has 1 aliphatic carbocycles. The van der Waals surface area contributed by atoms with Crippen LogP contribution in [-0.2, 0) is 22.7 Å². The van der Waals surface area contributed by atoms with Gasteiger partial charge >= 0.3 is 5.97 Å². The summed E-state index contributed by atoms with van der Waals surface area (Å²) in [6, 6.07) is 10.9. The van der Waals surface area contributed by atoms with E-state index in [0.717, 1.165) is 48.3 Å². The Bertz CT molecular complexity index is 1500. The Labute approximate surface area is 247 Å². The Morgan fingerprint density at radius 2 is 1.49 bits per heavy atom. The fourth-order valence-electron chi connectivity index (χ4n) is 5.07. The van der Waals surface area contributed by atoms with E-state index in [1.165, 1.54) is 26.3 Å². The number of nitrogens with zero attached hydrogens (tertiary/aromatic N) is 1. The number of benzene rings is 3. The van der Waals surface area contributed by atoms with E-state index in [4.69, 9.17) is 0 Å². The molecule has 1 unspecified atom stereocenters. The second kappa shape index (κ2) is 12.9. The molecule has 0 spiro atoms. The third-order valence-corrected chi connectivity index (χ3v) is 8.83. The number of amides is 1. The van der Waals surface area contributed by atoms with Crippen molar-refractivity contribution in [1.82, 2.24) is 4.72 Å². The number of nitrogens with one attached hydrogen (secondary N) is 1. The molecule has 1 saturated carbocycles. The van der Waals surface area contributed by atoms with Gasteiger partial charge in [0.25, 0.3) is 10.8 Å². The predicted molar refractivity (Wildman–Crippen MR) is 148 cm³/mol. The van der Waals surface area contributed by atoms with Crippen LogP contribution in [0.1, 0.15) is 73.4 Å². The molecular formula is C30H29F5N2O5S. The molecule has 1 atom stereocenters. The molecule has 0 saturated heterocycles. The number of carboxylic acids is 1. The molecule has 1 aliphatic rings. The summed E-state index contributed by atoms with van der Waals surface area (Å²) in [7, 11) is 0. The first-order valence-corrected chi connectivity index (χ1v) is 14.6. The number of phenols is 1. The molecule has 1 amide bonds. The summed E-state index contributed by atoms with van der Waals surface area (Å²) < 4.78 is 84.7. The quantitative estimate of drug-likeness (QED) is 0.109. The van der Waals surface area contributed by atoms with Gasteiger partial charge in [0, 0.05) is 11.8 Å². The first-order chi connectivity index (χ1) is 20.2. The van der Waals surface area contributed by atoms with E-state index in [9.17, 15) is 46.3 Å². The van der Waals surface area contributed by atoms with Gasteiger partial charge in [-0.1, -0.05) is 43.5 Å². The fourth-order valence-corrected chi connectivity index (χ4v) is 6.23. The molecule has 4 rings (SSSR count). The maximum Gasteiger partial charge on any atom is 0.339 e. The van der Waals surface area contributed by atoms with Gasteiger partial charge < -0.3 is 19.7 Å². The predicted octanol–water partition coefficient (Wildman–Crippen LogP) is 6.46. The van der Waals surface area contributed by atoms with Crippen molar-refractivity contribution in [2.45, 2.75) is 68.8 Å². The topological polar surface area (TPSA) is 113 Å². The molecule has 13 heteroatoms. The smallest absolute Gasteiger partial charge is 0.339 e. The Balaban J connectivity index is 1.67. The van der Waals surface area contributed by atoms with Crippen LogP contribution in [0.15, 0.2) is 47.4 Å². The standard InChI is InChI=1S/C30H29F5N2O5S/c1-30(2,36-43(42)27-25(34)23(32)22(31)24(33)26(27)35)29(41)37(19-12-13-20(28(39)40)21(38)14-19)15-16-8-10-18(11-9-16)17-6-4-3-5-7-17/h8-14,17,36,38H,3-7,15H2,1-2H3,(H,39,40). The zero-order chi connectivity index (χ0) is 31.6. The van der Waals surface area contributed by atoms with Crippen molar-refractivity contribution in [1.29, 1.82) is 0 Å². The number of aromatic hydroxyl groups is 1. The van der Waals surface area contributed by atoms with E-state index in [-0.39, 0.29) is 12.2 Å². The Hall–Kier alpha value is -3.68. The van der Waals surface area contributed by atoms with Gasteiger partial charge in [0.2, 0.25) is 29.1 Å². The first-order valence-electron chi connectivity index (χ1n) is 13.4. The lowest BCUT2D eigenvalue weighted by molar-refractivity contribution is -0.123. The van der Waals surface area contributed by atoms with Crippen molar-refractivity contribution in [3.05, 3.63) is 88.2 Å². The molecule has 0 aliphatic heterocycles. The average molecular weight is 625 g/mol. The highest BCUT2D eigenvalue weighted by Gasteiger charge is 2.41. The molecule has 7 nitrogen and oxygen atoms in total. The van der Waals surface area contributed by atoms with E-state index in [1.807, 2.05) is 24.3 Å². The summed E-state index contributed by atoms with van der Waals surface area (Å²) >= 11 is -3.09. The van der Waals surface area contributed by atoms with Crippen molar-refractivity contribution in [3.8, 4) is 5.75 Å². The Morgan fingerprint density at radius 1 is 0.930 bits per heavy atom. The number of carbonyl (C=O) groups is 2. The van der Waals surface area contributed by atoms with Gasteiger partial charge in [0.15, 0.2) is 0 Å². The molecule has 3 aromatic carbocycles. The van der Waals surface area contributed by atoms with E-state index in [0.29, 0.717) is 11.5 Å².